The Morgan fingerprint density at radius 1 is 1.38 bits per heavy atom. The molecule has 120 valence electrons. The van der Waals surface area contributed by atoms with E-state index in [2.05, 4.69) is 12.2 Å². The molecule has 4 nitrogen and oxygen atoms in total. The van der Waals surface area contributed by atoms with E-state index in [4.69, 9.17) is 4.74 Å². The van der Waals surface area contributed by atoms with E-state index in [0.717, 1.165) is 49.7 Å². The Morgan fingerprint density at radius 3 is 2.76 bits per heavy atom. The van der Waals surface area contributed by atoms with Crippen LogP contribution < -0.4 is 5.32 Å². The number of unbranched alkanes of at least 4 members (excludes halogenated alkanes) is 2. The third-order valence-electron chi connectivity index (χ3n) is 5.11. The first kappa shape index (κ1) is 16.5. The maximum Gasteiger partial charge on any atom is 0.335 e. The van der Waals surface area contributed by atoms with Crippen molar-refractivity contribution in [2.24, 2.45) is 5.92 Å². The van der Waals surface area contributed by atoms with E-state index in [1.807, 2.05) is 14.0 Å². The lowest BCUT2D eigenvalue weighted by Crippen LogP contribution is -2.46. The zero-order valence-corrected chi connectivity index (χ0v) is 13.6. The maximum absolute atomic E-state index is 12.5. The van der Waals surface area contributed by atoms with Crippen LogP contribution in [0.5, 0.6) is 0 Å². The molecule has 0 saturated heterocycles. The SMILES string of the molecule is CCCCCC1(NC)CC2CCC(O)C2=C1C(=O)OCC. The van der Waals surface area contributed by atoms with Crippen LogP contribution in [0, 0.1) is 5.92 Å². The summed E-state index contributed by atoms with van der Waals surface area (Å²) in [5.41, 5.74) is 1.39. The number of ether oxygens (including phenoxy) is 1. The molecule has 0 aromatic rings. The second-order valence-electron chi connectivity index (χ2n) is 6.33. The molecule has 0 aromatic heterocycles. The Balaban J connectivity index is 2.33. The van der Waals surface area contributed by atoms with Crippen LogP contribution in [0.1, 0.15) is 58.8 Å². The molecular formula is C17H29NO3. The predicted octanol–water partition coefficient (Wildman–Crippen LogP) is 2.56. The van der Waals surface area contributed by atoms with E-state index in [-0.39, 0.29) is 11.5 Å². The summed E-state index contributed by atoms with van der Waals surface area (Å²) >= 11 is 0. The number of nitrogens with one attached hydrogen (secondary N) is 1. The van der Waals surface area contributed by atoms with Gasteiger partial charge in [-0.1, -0.05) is 26.2 Å². The number of esters is 1. The minimum atomic E-state index is -0.462. The topological polar surface area (TPSA) is 58.6 Å². The molecule has 3 atom stereocenters. The van der Waals surface area contributed by atoms with Crippen molar-refractivity contribution in [2.45, 2.75) is 70.4 Å². The van der Waals surface area contributed by atoms with Crippen molar-refractivity contribution in [3.63, 3.8) is 0 Å². The van der Waals surface area contributed by atoms with Crippen molar-refractivity contribution < 1.29 is 14.6 Å². The molecule has 2 aliphatic carbocycles. The molecule has 2 aliphatic rings. The molecule has 0 heterocycles. The summed E-state index contributed by atoms with van der Waals surface area (Å²) in [6.45, 7) is 4.40. The second kappa shape index (κ2) is 6.93. The van der Waals surface area contributed by atoms with Gasteiger partial charge in [0.1, 0.15) is 0 Å². The van der Waals surface area contributed by atoms with Crippen LogP contribution in [0.4, 0.5) is 0 Å². The fourth-order valence-corrected chi connectivity index (χ4v) is 4.10. The Bertz CT molecular complexity index is 418. The van der Waals surface area contributed by atoms with Crippen molar-refractivity contribution in [3.8, 4) is 0 Å². The van der Waals surface area contributed by atoms with E-state index in [9.17, 15) is 9.90 Å². The lowest BCUT2D eigenvalue weighted by Gasteiger charge is -2.32. The van der Waals surface area contributed by atoms with Gasteiger partial charge >= 0.3 is 5.97 Å². The highest BCUT2D eigenvalue weighted by Gasteiger charge is 2.51. The highest BCUT2D eigenvalue weighted by molar-refractivity contribution is 5.93. The molecule has 21 heavy (non-hydrogen) atoms. The smallest absolute Gasteiger partial charge is 0.335 e. The largest absolute Gasteiger partial charge is 0.463 e. The summed E-state index contributed by atoms with van der Waals surface area (Å²) in [5.74, 6) is 0.107. The first-order valence-corrected chi connectivity index (χ1v) is 8.38. The summed E-state index contributed by atoms with van der Waals surface area (Å²) in [4.78, 5) is 12.5. The fraction of sp³-hybridized carbons (Fsp3) is 0.824. The van der Waals surface area contributed by atoms with Crippen molar-refractivity contribution in [1.82, 2.24) is 5.32 Å². The van der Waals surface area contributed by atoms with Crippen LogP contribution in [-0.4, -0.2) is 36.4 Å². The normalized spacial score (nSPS) is 31.6. The second-order valence-corrected chi connectivity index (χ2v) is 6.33. The van der Waals surface area contributed by atoms with Crippen molar-refractivity contribution >= 4 is 5.97 Å². The van der Waals surface area contributed by atoms with Crippen LogP contribution in [0.2, 0.25) is 0 Å². The van der Waals surface area contributed by atoms with Crippen LogP contribution in [0.3, 0.4) is 0 Å². The number of likely N-dealkylation sites (N-methyl/N-ethyl adjacent to an activating group) is 1. The Morgan fingerprint density at radius 2 is 2.14 bits per heavy atom. The lowest BCUT2D eigenvalue weighted by atomic mass is 9.83. The van der Waals surface area contributed by atoms with E-state index in [1.165, 1.54) is 6.42 Å². The van der Waals surface area contributed by atoms with Gasteiger partial charge in [0, 0.05) is 0 Å². The van der Waals surface area contributed by atoms with E-state index in [0.29, 0.717) is 12.5 Å². The number of carbonyl (C=O) groups is 1. The monoisotopic (exact) mass is 295 g/mol. The molecule has 0 aromatic carbocycles. The van der Waals surface area contributed by atoms with E-state index >= 15 is 0 Å². The van der Waals surface area contributed by atoms with Gasteiger partial charge in [-0.15, -0.1) is 0 Å². The minimum absolute atomic E-state index is 0.234. The van der Waals surface area contributed by atoms with Gasteiger partial charge in [0.15, 0.2) is 0 Å². The Kier molecular flexibility index (Phi) is 5.44. The Hall–Kier alpha value is -0.870. The quantitative estimate of drug-likeness (QED) is 0.560. The third-order valence-corrected chi connectivity index (χ3v) is 5.11. The van der Waals surface area contributed by atoms with Crippen molar-refractivity contribution in [2.75, 3.05) is 13.7 Å². The van der Waals surface area contributed by atoms with Crippen molar-refractivity contribution in [1.29, 1.82) is 0 Å². The fourth-order valence-electron chi connectivity index (χ4n) is 4.10. The highest BCUT2D eigenvalue weighted by atomic mass is 16.5. The van der Waals surface area contributed by atoms with Crippen LogP contribution in [0.15, 0.2) is 11.1 Å². The molecular weight excluding hydrogens is 266 g/mol. The molecule has 1 saturated carbocycles. The summed E-state index contributed by atoms with van der Waals surface area (Å²) in [6, 6.07) is 0. The molecule has 1 fully saturated rings. The molecule has 2 N–H and O–H groups in total. The van der Waals surface area contributed by atoms with Gasteiger partial charge in [0.2, 0.25) is 0 Å². The lowest BCUT2D eigenvalue weighted by molar-refractivity contribution is -0.139. The summed E-state index contributed by atoms with van der Waals surface area (Å²) in [5, 5.41) is 13.7. The predicted molar refractivity (Wildman–Crippen MR) is 82.9 cm³/mol. The maximum atomic E-state index is 12.5. The summed E-state index contributed by atoms with van der Waals surface area (Å²) < 4.78 is 5.30. The van der Waals surface area contributed by atoms with Crippen molar-refractivity contribution in [3.05, 3.63) is 11.1 Å². The third kappa shape index (κ3) is 3.02. The first-order chi connectivity index (χ1) is 10.1. The van der Waals surface area contributed by atoms with Gasteiger partial charge in [-0.2, -0.15) is 0 Å². The molecule has 0 amide bonds. The first-order valence-electron chi connectivity index (χ1n) is 8.38. The number of hydrogen-bond acceptors (Lipinski definition) is 4. The Labute approximate surface area is 127 Å². The molecule has 0 bridgehead atoms. The van der Waals surface area contributed by atoms with Gasteiger partial charge < -0.3 is 15.2 Å². The number of aliphatic hydroxyl groups is 1. The van der Waals surface area contributed by atoms with Gasteiger partial charge in [-0.25, -0.2) is 4.79 Å². The number of rotatable bonds is 7. The molecule has 3 unspecified atom stereocenters. The van der Waals surface area contributed by atoms with Crippen LogP contribution >= 0.6 is 0 Å². The molecule has 0 aliphatic heterocycles. The van der Waals surface area contributed by atoms with Crippen LogP contribution in [0.25, 0.3) is 0 Å². The number of hydrogen-bond donors (Lipinski definition) is 2. The number of aliphatic hydroxyl groups excluding tert-OH is 1. The zero-order valence-electron chi connectivity index (χ0n) is 13.6. The molecule has 0 radical (unpaired) electrons. The average Bonchev–Trinajstić information content (AvgIpc) is 2.97. The van der Waals surface area contributed by atoms with Gasteiger partial charge in [-0.05, 0) is 51.1 Å². The molecule has 2 rings (SSSR count). The van der Waals surface area contributed by atoms with E-state index < -0.39 is 6.10 Å². The average molecular weight is 295 g/mol. The molecule has 4 heteroatoms. The van der Waals surface area contributed by atoms with E-state index in [1.54, 1.807) is 0 Å². The number of carbonyl (C=O) groups excluding carboxylic acids is 1. The summed E-state index contributed by atoms with van der Waals surface area (Å²) in [6.07, 6.45) is 6.59. The standard InChI is InChI=1S/C17H29NO3/c1-4-6-7-10-17(18-3)11-12-8-9-13(19)14(12)15(17)16(20)21-5-2/h12-13,18-19H,4-11H2,1-3H3. The summed E-state index contributed by atoms with van der Waals surface area (Å²) in [7, 11) is 1.93. The minimum Gasteiger partial charge on any atom is -0.463 e. The molecule has 0 spiro atoms. The number of fused-ring (bicyclic) bond motifs is 1. The highest BCUT2D eigenvalue weighted by Crippen LogP contribution is 2.50. The van der Waals surface area contributed by atoms with Crippen LogP contribution in [-0.2, 0) is 9.53 Å². The van der Waals surface area contributed by atoms with Gasteiger partial charge in [-0.3, -0.25) is 0 Å². The van der Waals surface area contributed by atoms with Gasteiger partial charge in [0.05, 0.1) is 23.8 Å². The van der Waals surface area contributed by atoms with Gasteiger partial charge in [0.25, 0.3) is 0 Å². The zero-order chi connectivity index (χ0) is 15.5.